The van der Waals surface area contributed by atoms with Crippen molar-refractivity contribution in [2.75, 3.05) is 0 Å². The molecule has 0 aliphatic heterocycles. The zero-order valence-electron chi connectivity index (χ0n) is 10.4. The van der Waals surface area contributed by atoms with E-state index in [1.165, 1.54) is 23.7 Å². The van der Waals surface area contributed by atoms with Crippen LogP contribution in [0.3, 0.4) is 0 Å². The van der Waals surface area contributed by atoms with Crippen LogP contribution in [0.2, 0.25) is 0 Å². The minimum absolute atomic E-state index is 0.0562. The molecule has 0 atom stereocenters. The van der Waals surface area contributed by atoms with E-state index in [9.17, 15) is 14.9 Å². The summed E-state index contributed by atoms with van der Waals surface area (Å²) in [6.07, 6.45) is 0. The summed E-state index contributed by atoms with van der Waals surface area (Å²) in [5.41, 5.74) is 0.785. The van der Waals surface area contributed by atoms with E-state index in [0.717, 1.165) is 10.3 Å². The fraction of sp³-hybridized carbons (Fsp3) is 0.0714. The molecular weight excluding hydrogens is 276 g/mol. The summed E-state index contributed by atoms with van der Waals surface area (Å²) in [5.74, 6) is 0. The monoisotopic (exact) mass is 286 g/mol. The molecule has 0 N–H and O–H groups in total. The van der Waals surface area contributed by atoms with Crippen LogP contribution in [-0.4, -0.2) is 8.88 Å². The lowest BCUT2D eigenvalue weighted by atomic mass is 10.2. The zero-order valence-corrected chi connectivity index (χ0v) is 11.2. The van der Waals surface area contributed by atoms with Crippen LogP contribution in [0.25, 0.3) is 10.1 Å². The Morgan fingerprint density at radius 2 is 1.90 bits per heavy atom. The van der Waals surface area contributed by atoms with Gasteiger partial charge in [0.2, 0.25) is 0 Å². The van der Waals surface area contributed by atoms with Crippen LogP contribution in [0.4, 0.5) is 5.69 Å². The number of non-ortho nitro benzene ring substituents is 1. The number of nitro benzene ring substituents is 1. The topological polar surface area (TPSA) is 65.1 Å². The van der Waals surface area contributed by atoms with E-state index in [0.29, 0.717) is 11.9 Å². The second-order valence-corrected chi connectivity index (χ2v) is 5.42. The molecule has 0 spiro atoms. The summed E-state index contributed by atoms with van der Waals surface area (Å²) in [4.78, 5) is 22.5. The van der Waals surface area contributed by atoms with Crippen LogP contribution < -0.4 is 5.56 Å². The summed E-state index contributed by atoms with van der Waals surface area (Å²) in [6.45, 7) is 0.479. The van der Waals surface area contributed by atoms with E-state index in [4.69, 9.17) is 0 Å². The maximum absolute atomic E-state index is 12.3. The fourth-order valence-electron chi connectivity index (χ4n) is 2.03. The average molecular weight is 286 g/mol. The third kappa shape index (κ3) is 2.21. The summed E-state index contributed by atoms with van der Waals surface area (Å²) >= 11 is 1.32. The van der Waals surface area contributed by atoms with Crippen LogP contribution in [-0.2, 0) is 6.54 Å². The first-order chi connectivity index (χ1) is 9.65. The van der Waals surface area contributed by atoms with Crippen LogP contribution in [0.5, 0.6) is 0 Å². The number of aromatic nitrogens is 1. The number of nitro groups is 1. The van der Waals surface area contributed by atoms with Crippen molar-refractivity contribution < 1.29 is 4.92 Å². The van der Waals surface area contributed by atoms with Gasteiger partial charge in [0.05, 0.1) is 21.6 Å². The first kappa shape index (κ1) is 12.6. The second-order valence-electron chi connectivity index (χ2n) is 4.36. The van der Waals surface area contributed by atoms with Crippen LogP contribution in [0.1, 0.15) is 5.56 Å². The molecule has 0 unspecified atom stereocenters. The molecule has 0 saturated carbocycles. The molecule has 0 bridgehead atoms. The van der Waals surface area contributed by atoms with Gasteiger partial charge >= 0.3 is 0 Å². The molecule has 3 aromatic rings. The molecular formula is C14H10N2O3S. The van der Waals surface area contributed by atoms with Crippen molar-refractivity contribution in [3.05, 3.63) is 74.6 Å². The lowest BCUT2D eigenvalue weighted by Crippen LogP contribution is -2.13. The molecule has 1 aromatic heterocycles. The Labute approximate surface area is 118 Å². The molecule has 0 saturated heterocycles. The van der Waals surface area contributed by atoms with Gasteiger partial charge in [-0.05, 0) is 11.6 Å². The van der Waals surface area contributed by atoms with Gasteiger partial charge in [-0.2, -0.15) is 0 Å². The number of fused-ring (bicyclic) bond motifs is 1. The largest absolute Gasteiger partial charge is 0.270 e. The lowest BCUT2D eigenvalue weighted by molar-refractivity contribution is -0.384. The van der Waals surface area contributed by atoms with Gasteiger partial charge in [0, 0.05) is 12.1 Å². The van der Waals surface area contributed by atoms with Gasteiger partial charge in [-0.15, -0.1) is 0 Å². The quantitative estimate of drug-likeness (QED) is 0.549. The van der Waals surface area contributed by atoms with E-state index in [1.807, 2.05) is 30.3 Å². The Balaban J connectivity index is 2.07. The Bertz CT molecular complexity index is 836. The van der Waals surface area contributed by atoms with Crippen LogP contribution in [0.15, 0.2) is 53.3 Å². The number of hydrogen-bond acceptors (Lipinski definition) is 4. The summed E-state index contributed by atoms with van der Waals surface area (Å²) in [7, 11) is 0. The lowest BCUT2D eigenvalue weighted by Gasteiger charge is -1.99. The van der Waals surface area contributed by atoms with E-state index < -0.39 is 4.92 Å². The molecule has 0 radical (unpaired) electrons. The van der Waals surface area contributed by atoms with E-state index in [1.54, 1.807) is 10.0 Å². The average Bonchev–Trinajstić information content (AvgIpc) is 2.76. The summed E-state index contributed by atoms with van der Waals surface area (Å²) in [6, 6.07) is 14.0. The van der Waals surface area contributed by atoms with E-state index >= 15 is 0 Å². The molecule has 20 heavy (non-hydrogen) atoms. The van der Waals surface area contributed by atoms with Crippen molar-refractivity contribution in [1.82, 2.24) is 3.96 Å². The Morgan fingerprint density at radius 3 is 2.60 bits per heavy atom. The van der Waals surface area contributed by atoms with Gasteiger partial charge in [-0.3, -0.25) is 18.9 Å². The predicted octanol–water partition coefficient (Wildman–Crippen LogP) is 3.02. The highest BCUT2D eigenvalue weighted by Gasteiger charge is 2.12. The number of benzene rings is 2. The van der Waals surface area contributed by atoms with Gasteiger partial charge in [-0.25, -0.2) is 0 Å². The number of rotatable bonds is 3. The second kappa shape index (κ2) is 4.90. The van der Waals surface area contributed by atoms with Gasteiger partial charge in [-0.1, -0.05) is 41.9 Å². The van der Waals surface area contributed by atoms with Gasteiger partial charge in [0.25, 0.3) is 11.2 Å². The number of hydrogen-bond donors (Lipinski definition) is 0. The first-order valence-electron chi connectivity index (χ1n) is 5.97. The van der Waals surface area contributed by atoms with Crippen molar-refractivity contribution in [3.8, 4) is 0 Å². The molecule has 2 aromatic carbocycles. The van der Waals surface area contributed by atoms with Gasteiger partial charge < -0.3 is 0 Å². The van der Waals surface area contributed by atoms with Crippen molar-refractivity contribution in [2.45, 2.75) is 6.54 Å². The standard InChI is InChI=1S/C14H10N2O3S/c17-14-12-8-11(16(18)19)6-7-13(12)20-15(14)9-10-4-2-1-3-5-10/h1-8H,9H2. The molecule has 100 valence electrons. The van der Waals surface area contributed by atoms with Crippen molar-refractivity contribution in [1.29, 1.82) is 0 Å². The summed E-state index contributed by atoms with van der Waals surface area (Å²) in [5, 5.41) is 11.2. The highest BCUT2D eigenvalue weighted by molar-refractivity contribution is 7.13. The van der Waals surface area contributed by atoms with E-state index in [-0.39, 0.29) is 11.2 Å². The SMILES string of the molecule is O=c1c2cc([N+](=O)[O-])ccc2sn1Cc1ccccc1. The fourth-order valence-corrected chi connectivity index (χ4v) is 3.03. The van der Waals surface area contributed by atoms with Crippen molar-refractivity contribution >= 4 is 27.3 Å². The van der Waals surface area contributed by atoms with Crippen LogP contribution >= 0.6 is 11.5 Å². The predicted molar refractivity (Wildman–Crippen MR) is 78.3 cm³/mol. The van der Waals surface area contributed by atoms with Gasteiger partial charge in [0.15, 0.2) is 0 Å². The third-order valence-electron chi connectivity index (χ3n) is 3.01. The maximum atomic E-state index is 12.3. The normalized spacial score (nSPS) is 10.8. The third-order valence-corrected chi connectivity index (χ3v) is 4.08. The highest BCUT2D eigenvalue weighted by atomic mass is 32.1. The first-order valence-corrected chi connectivity index (χ1v) is 6.75. The minimum Gasteiger partial charge on any atom is -0.268 e. The molecule has 0 fully saturated rings. The molecule has 0 aliphatic rings. The maximum Gasteiger partial charge on any atom is 0.270 e. The Kier molecular flexibility index (Phi) is 3.08. The molecule has 0 amide bonds. The van der Waals surface area contributed by atoms with Gasteiger partial charge in [0.1, 0.15) is 0 Å². The Morgan fingerprint density at radius 1 is 1.15 bits per heavy atom. The zero-order chi connectivity index (χ0) is 14.1. The molecule has 3 rings (SSSR count). The summed E-state index contributed by atoms with van der Waals surface area (Å²) < 4.78 is 2.38. The smallest absolute Gasteiger partial charge is 0.268 e. The van der Waals surface area contributed by atoms with E-state index in [2.05, 4.69) is 0 Å². The molecule has 0 aliphatic carbocycles. The minimum atomic E-state index is -0.488. The van der Waals surface area contributed by atoms with Crippen LogP contribution in [0, 0.1) is 10.1 Å². The molecule has 1 heterocycles. The van der Waals surface area contributed by atoms with Crippen molar-refractivity contribution in [2.24, 2.45) is 0 Å². The number of nitrogens with zero attached hydrogens (tertiary/aromatic N) is 2. The highest BCUT2D eigenvalue weighted by Crippen LogP contribution is 2.22. The van der Waals surface area contributed by atoms with Crippen molar-refractivity contribution in [3.63, 3.8) is 0 Å². The Hall–Kier alpha value is -2.47. The molecule has 5 nitrogen and oxygen atoms in total. The molecule has 6 heteroatoms.